The first kappa shape index (κ1) is 23.6. The molecule has 0 fully saturated rings. The summed E-state index contributed by atoms with van der Waals surface area (Å²) in [7, 11) is 1.17. The number of carbonyl (C=O) groups is 3. The topological polar surface area (TPSA) is 90.9 Å². The molecule has 0 unspecified atom stereocenters. The van der Waals surface area contributed by atoms with E-state index in [1.165, 1.54) is 7.11 Å². The van der Waals surface area contributed by atoms with E-state index in [9.17, 15) is 40.7 Å². The van der Waals surface area contributed by atoms with E-state index in [1.807, 2.05) is 0 Å². The van der Waals surface area contributed by atoms with E-state index in [0.29, 0.717) is 0 Å². The Hall–Kier alpha value is -2.47. The van der Waals surface area contributed by atoms with E-state index in [1.54, 1.807) is 0 Å². The Labute approximate surface area is 155 Å². The Bertz CT molecular complexity index is 593. The number of rotatable bonds is 9. The highest BCUT2D eigenvalue weighted by atomic mass is 19.4. The first-order valence-electron chi connectivity index (χ1n) is 7.79. The van der Waals surface area contributed by atoms with E-state index in [2.05, 4.69) is 14.8 Å². The van der Waals surface area contributed by atoms with Gasteiger partial charge in [0.1, 0.15) is 5.76 Å². The average Bonchev–Trinajstić information content (AvgIpc) is 2.89. The van der Waals surface area contributed by atoms with Gasteiger partial charge in [0.05, 0.1) is 12.6 Å². The van der Waals surface area contributed by atoms with Crippen LogP contribution in [0.3, 0.4) is 0 Å². The van der Waals surface area contributed by atoms with Gasteiger partial charge in [-0.05, 0) is 12.8 Å². The van der Waals surface area contributed by atoms with Gasteiger partial charge < -0.3 is 19.5 Å². The minimum atomic E-state index is -4.71. The summed E-state index contributed by atoms with van der Waals surface area (Å²) in [5, 5.41) is 2.41. The predicted molar refractivity (Wildman–Crippen MR) is 78.5 cm³/mol. The molecule has 0 saturated carbocycles. The molecule has 7 nitrogen and oxygen atoms in total. The molecule has 28 heavy (non-hydrogen) atoms. The number of esters is 2. The van der Waals surface area contributed by atoms with Crippen molar-refractivity contribution in [2.24, 2.45) is 0 Å². The van der Waals surface area contributed by atoms with Gasteiger partial charge in [-0.2, -0.15) is 26.3 Å². The number of carbonyl (C=O) groups excluding carboxylic acids is 3. The normalized spacial score (nSPS) is 16.2. The molecule has 1 N–H and O–H groups in total. The third-order valence-electron chi connectivity index (χ3n) is 3.62. The van der Waals surface area contributed by atoms with Gasteiger partial charge in [0.15, 0.2) is 13.2 Å². The summed E-state index contributed by atoms with van der Waals surface area (Å²) < 4.78 is 85.5. The first-order valence-corrected chi connectivity index (χ1v) is 7.79. The highest BCUT2D eigenvalue weighted by Crippen LogP contribution is 2.33. The Balaban J connectivity index is 2.72. The van der Waals surface area contributed by atoms with Crippen LogP contribution < -0.4 is 5.32 Å². The molecule has 160 valence electrons. The Morgan fingerprint density at radius 3 is 1.75 bits per heavy atom. The van der Waals surface area contributed by atoms with Crippen molar-refractivity contribution in [3.05, 3.63) is 11.8 Å². The fourth-order valence-electron chi connectivity index (χ4n) is 2.44. The number of halogens is 6. The van der Waals surface area contributed by atoms with Crippen molar-refractivity contribution in [2.75, 3.05) is 20.3 Å². The second-order valence-corrected chi connectivity index (χ2v) is 5.84. The van der Waals surface area contributed by atoms with Crippen molar-refractivity contribution in [1.82, 2.24) is 5.32 Å². The zero-order valence-electron chi connectivity index (χ0n) is 14.5. The first-order chi connectivity index (χ1) is 12.8. The summed E-state index contributed by atoms with van der Waals surface area (Å²) >= 11 is 0. The quantitative estimate of drug-likeness (QED) is 0.453. The van der Waals surface area contributed by atoms with Gasteiger partial charge in [-0.15, -0.1) is 0 Å². The lowest BCUT2D eigenvalue weighted by Gasteiger charge is -2.31. The Kier molecular flexibility index (Phi) is 7.70. The van der Waals surface area contributed by atoms with Crippen molar-refractivity contribution >= 4 is 17.8 Å². The average molecular weight is 421 g/mol. The van der Waals surface area contributed by atoms with Crippen LogP contribution in [0.15, 0.2) is 11.8 Å². The second-order valence-electron chi connectivity index (χ2n) is 5.84. The molecule has 0 saturated heterocycles. The van der Waals surface area contributed by atoms with Gasteiger partial charge in [0.2, 0.25) is 5.91 Å². The highest BCUT2D eigenvalue weighted by molar-refractivity contribution is 5.92. The minimum Gasteiger partial charge on any atom is -0.498 e. The smallest absolute Gasteiger partial charge is 0.422 e. The van der Waals surface area contributed by atoms with Gasteiger partial charge >= 0.3 is 24.3 Å². The number of methoxy groups -OCH3 is 1. The zero-order chi connectivity index (χ0) is 21.6. The summed E-state index contributed by atoms with van der Waals surface area (Å²) in [5.41, 5.74) is -1.47. The highest BCUT2D eigenvalue weighted by Gasteiger charge is 2.43. The molecule has 13 heteroatoms. The van der Waals surface area contributed by atoms with Crippen LogP contribution in [-0.4, -0.2) is 56.1 Å². The second kappa shape index (κ2) is 9.15. The van der Waals surface area contributed by atoms with Gasteiger partial charge in [0, 0.05) is 18.9 Å². The fraction of sp³-hybridized carbons (Fsp3) is 0.667. The number of amides is 1. The van der Waals surface area contributed by atoms with Crippen molar-refractivity contribution in [2.45, 2.75) is 43.6 Å². The molecule has 0 aromatic rings. The van der Waals surface area contributed by atoms with Gasteiger partial charge in [-0.1, -0.05) is 0 Å². The van der Waals surface area contributed by atoms with Crippen LogP contribution in [0.2, 0.25) is 0 Å². The van der Waals surface area contributed by atoms with Gasteiger partial charge in [0.25, 0.3) is 0 Å². The molecule has 1 rings (SSSR count). The third-order valence-corrected chi connectivity index (χ3v) is 3.62. The predicted octanol–water partition coefficient (Wildman–Crippen LogP) is 2.16. The lowest BCUT2D eigenvalue weighted by molar-refractivity contribution is -0.187. The summed E-state index contributed by atoms with van der Waals surface area (Å²) in [5.74, 6) is -3.12. The molecule has 0 atom stereocenters. The lowest BCUT2D eigenvalue weighted by atomic mass is 9.87. The molecule has 1 heterocycles. The van der Waals surface area contributed by atoms with E-state index in [4.69, 9.17) is 4.74 Å². The van der Waals surface area contributed by atoms with Crippen molar-refractivity contribution in [3.63, 3.8) is 0 Å². The number of alkyl halides is 6. The molecule has 0 aromatic heterocycles. The van der Waals surface area contributed by atoms with Gasteiger partial charge in [-0.3, -0.25) is 14.4 Å². The SMILES string of the molecule is COC1=CC(=O)NC1(CCC(=O)OCC(F)(F)F)CCC(=O)OCC(F)(F)F. The van der Waals surface area contributed by atoms with Crippen LogP contribution in [0.4, 0.5) is 26.3 Å². The van der Waals surface area contributed by atoms with Crippen molar-refractivity contribution < 1.29 is 54.9 Å². The Morgan fingerprint density at radius 2 is 1.39 bits per heavy atom. The molecular weight excluding hydrogens is 404 g/mol. The molecule has 1 amide bonds. The maximum absolute atomic E-state index is 12.1. The molecule has 0 bridgehead atoms. The van der Waals surface area contributed by atoms with Crippen LogP contribution in [0.5, 0.6) is 0 Å². The summed E-state index contributed by atoms with van der Waals surface area (Å²) in [6, 6.07) is 0. The maximum Gasteiger partial charge on any atom is 0.422 e. The standard InChI is InChI=1S/C15H17F6NO6/c1-26-9-6-10(23)22-13(9,4-2-11(24)27-7-14(16,17)18)5-3-12(25)28-8-15(19,20)21/h6H,2-5,7-8H2,1H3,(H,22,23). The number of nitrogens with one attached hydrogen (secondary N) is 1. The van der Waals surface area contributed by atoms with Crippen molar-refractivity contribution in [3.8, 4) is 0 Å². The molecule has 0 spiro atoms. The summed E-state index contributed by atoms with van der Waals surface area (Å²) in [6.45, 7) is -3.58. The zero-order valence-corrected chi connectivity index (χ0v) is 14.5. The maximum atomic E-state index is 12.1. The largest absolute Gasteiger partial charge is 0.498 e. The molecule has 0 radical (unpaired) electrons. The van der Waals surface area contributed by atoms with E-state index in [0.717, 1.165) is 6.08 Å². The van der Waals surface area contributed by atoms with Gasteiger partial charge in [-0.25, -0.2) is 0 Å². The summed E-state index contributed by atoms with van der Waals surface area (Å²) in [4.78, 5) is 34.6. The van der Waals surface area contributed by atoms with E-state index < -0.39 is 61.8 Å². The molecule has 1 aliphatic rings. The monoisotopic (exact) mass is 421 g/mol. The van der Waals surface area contributed by atoms with Crippen LogP contribution in [0, 0.1) is 0 Å². The molecule has 1 aliphatic heterocycles. The third kappa shape index (κ3) is 8.05. The minimum absolute atomic E-state index is 0.0234. The van der Waals surface area contributed by atoms with Crippen LogP contribution in [0.1, 0.15) is 25.7 Å². The fourth-order valence-corrected chi connectivity index (χ4v) is 2.44. The van der Waals surface area contributed by atoms with E-state index >= 15 is 0 Å². The number of hydrogen-bond acceptors (Lipinski definition) is 6. The molecule has 0 aromatic carbocycles. The lowest BCUT2D eigenvalue weighted by Crippen LogP contribution is -2.46. The van der Waals surface area contributed by atoms with Crippen LogP contribution in [0.25, 0.3) is 0 Å². The number of ether oxygens (including phenoxy) is 3. The van der Waals surface area contributed by atoms with E-state index in [-0.39, 0.29) is 18.6 Å². The molecular formula is C15H17F6NO6. The Morgan fingerprint density at radius 1 is 0.964 bits per heavy atom. The molecule has 0 aliphatic carbocycles. The van der Waals surface area contributed by atoms with Crippen LogP contribution in [-0.2, 0) is 28.6 Å². The van der Waals surface area contributed by atoms with Crippen molar-refractivity contribution in [1.29, 1.82) is 0 Å². The summed E-state index contributed by atoms with van der Waals surface area (Å²) in [6.07, 6.45) is -10.2. The van der Waals surface area contributed by atoms with Crippen LogP contribution >= 0.6 is 0 Å². The number of hydrogen-bond donors (Lipinski definition) is 1.